The second-order valence-electron chi connectivity index (χ2n) is 6.45. The van der Waals surface area contributed by atoms with E-state index in [2.05, 4.69) is 4.98 Å². The Balaban J connectivity index is 1.75. The minimum Gasteiger partial charge on any atom is -0.497 e. The van der Waals surface area contributed by atoms with E-state index in [1.807, 2.05) is 79.0 Å². The lowest BCUT2D eigenvalue weighted by molar-refractivity contribution is 0.0981. The van der Waals surface area contributed by atoms with Gasteiger partial charge in [0.05, 0.1) is 23.5 Å². The summed E-state index contributed by atoms with van der Waals surface area (Å²) in [6, 6.07) is 21.6. The van der Waals surface area contributed by atoms with Crippen molar-refractivity contribution in [2.24, 2.45) is 0 Å². The molecule has 0 radical (unpaired) electrons. The highest BCUT2D eigenvalue weighted by Crippen LogP contribution is 2.33. The molecule has 2 heterocycles. The second-order valence-corrected chi connectivity index (χ2v) is 8.68. The van der Waals surface area contributed by atoms with Crippen LogP contribution < -0.4 is 9.64 Å². The minimum absolute atomic E-state index is 0.105. The van der Waals surface area contributed by atoms with E-state index >= 15 is 0 Å². The van der Waals surface area contributed by atoms with Crippen LogP contribution in [0.3, 0.4) is 0 Å². The van der Waals surface area contributed by atoms with Crippen LogP contribution in [0.15, 0.2) is 72.1 Å². The fourth-order valence-electron chi connectivity index (χ4n) is 3.09. The molecule has 0 fully saturated rings. The Labute approximate surface area is 178 Å². The largest absolute Gasteiger partial charge is 0.497 e. The van der Waals surface area contributed by atoms with Crippen molar-refractivity contribution in [1.29, 1.82) is 0 Å². The highest BCUT2D eigenvalue weighted by molar-refractivity contribution is 7.15. The van der Waals surface area contributed by atoms with E-state index in [4.69, 9.17) is 4.74 Å². The molecule has 0 aliphatic carbocycles. The Bertz CT molecular complexity index is 1090. The number of thiazole rings is 1. The van der Waals surface area contributed by atoms with Gasteiger partial charge in [-0.1, -0.05) is 36.4 Å². The molecule has 0 unspecified atom stereocenters. The predicted octanol–water partition coefficient (Wildman–Crippen LogP) is 6.04. The monoisotopic (exact) mass is 420 g/mol. The Hall–Kier alpha value is -2.96. The van der Waals surface area contributed by atoms with Crippen molar-refractivity contribution in [3.8, 4) is 16.2 Å². The zero-order chi connectivity index (χ0) is 20.2. The summed E-state index contributed by atoms with van der Waals surface area (Å²) < 4.78 is 5.27. The fourth-order valence-corrected chi connectivity index (χ4v) is 4.69. The lowest BCUT2D eigenvalue weighted by Crippen LogP contribution is -2.30. The number of aromatic nitrogens is 1. The molecule has 4 aromatic rings. The topological polar surface area (TPSA) is 42.4 Å². The first-order valence-corrected chi connectivity index (χ1v) is 10.9. The maximum atomic E-state index is 13.7. The molecule has 2 aromatic heterocycles. The SMILES string of the molecule is COc1ccc(N(Cc2cccs2)C(=O)c2nc(C)sc2-c2ccccc2)cc1. The fraction of sp³-hybridized carbons (Fsp3) is 0.130. The van der Waals surface area contributed by atoms with Gasteiger partial charge in [0.15, 0.2) is 0 Å². The summed E-state index contributed by atoms with van der Waals surface area (Å²) in [5.41, 5.74) is 2.31. The van der Waals surface area contributed by atoms with Gasteiger partial charge in [0, 0.05) is 10.6 Å². The number of hydrogen-bond acceptors (Lipinski definition) is 5. The standard InChI is InChI=1S/C23H20N2O2S2/c1-16-24-21(22(29-16)17-7-4-3-5-8-17)23(26)25(15-20-9-6-14-28-20)18-10-12-19(27-2)13-11-18/h3-14H,15H2,1-2H3. The van der Waals surface area contributed by atoms with E-state index in [1.54, 1.807) is 34.7 Å². The molecule has 146 valence electrons. The smallest absolute Gasteiger partial charge is 0.278 e. The van der Waals surface area contributed by atoms with E-state index in [1.165, 1.54) is 0 Å². The van der Waals surface area contributed by atoms with Crippen molar-refractivity contribution < 1.29 is 9.53 Å². The van der Waals surface area contributed by atoms with Crippen LogP contribution in [0.25, 0.3) is 10.4 Å². The molecule has 0 saturated heterocycles. The zero-order valence-corrected chi connectivity index (χ0v) is 17.8. The lowest BCUT2D eigenvalue weighted by Gasteiger charge is -2.22. The van der Waals surface area contributed by atoms with Crippen LogP contribution in [0.4, 0.5) is 5.69 Å². The number of carbonyl (C=O) groups excluding carboxylic acids is 1. The number of benzene rings is 2. The maximum Gasteiger partial charge on any atom is 0.278 e. The first kappa shape index (κ1) is 19.4. The summed E-state index contributed by atoms with van der Waals surface area (Å²) >= 11 is 3.18. The van der Waals surface area contributed by atoms with Crippen molar-refractivity contribution in [3.63, 3.8) is 0 Å². The molecule has 4 nitrogen and oxygen atoms in total. The molecule has 2 aromatic carbocycles. The summed E-state index contributed by atoms with van der Waals surface area (Å²) in [6.07, 6.45) is 0. The number of anilines is 1. The molecule has 4 rings (SSSR count). The van der Waals surface area contributed by atoms with Crippen LogP contribution in [0.1, 0.15) is 20.4 Å². The molecule has 0 aliphatic heterocycles. The summed E-state index contributed by atoms with van der Waals surface area (Å²) in [5.74, 6) is 0.651. The Kier molecular flexibility index (Phi) is 5.74. The van der Waals surface area contributed by atoms with Crippen molar-refractivity contribution in [2.45, 2.75) is 13.5 Å². The zero-order valence-electron chi connectivity index (χ0n) is 16.2. The van der Waals surface area contributed by atoms with Gasteiger partial charge in [-0.3, -0.25) is 4.79 Å². The number of ether oxygens (including phenoxy) is 1. The molecular formula is C23H20N2O2S2. The molecule has 0 N–H and O–H groups in total. The van der Waals surface area contributed by atoms with Gasteiger partial charge in [-0.15, -0.1) is 22.7 Å². The van der Waals surface area contributed by atoms with Crippen LogP contribution in [-0.2, 0) is 6.54 Å². The van der Waals surface area contributed by atoms with Gasteiger partial charge in [-0.05, 0) is 48.2 Å². The van der Waals surface area contributed by atoms with Crippen LogP contribution in [0, 0.1) is 6.92 Å². The van der Waals surface area contributed by atoms with Gasteiger partial charge in [0.1, 0.15) is 11.4 Å². The molecule has 6 heteroatoms. The second kappa shape index (κ2) is 8.59. The third-order valence-corrected chi connectivity index (χ3v) is 6.38. The Morgan fingerprint density at radius 3 is 2.45 bits per heavy atom. The normalized spacial score (nSPS) is 10.7. The number of amides is 1. The number of aryl methyl sites for hydroxylation is 1. The average molecular weight is 421 g/mol. The number of nitrogens with zero attached hydrogens (tertiary/aromatic N) is 2. The summed E-state index contributed by atoms with van der Waals surface area (Å²) in [7, 11) is 1.63. The van der Waals surface area contributed by atoms with Crippen molar-refractivity contribution >= 4 is 34.3 Å². The average Bonchev–Trinajstić information content (AvgIpc) is 3.42. The van der Waals surface area contributed by atoms with Gasteiger partial charge in [-0.2, -0.15) is 0 Å². The van der Waals surface area contributed by atoms with Crippen LogP contribution in [0.5, 0.6) is 5.75 Å². The van der Waals surface area contributed by atoms with Crippen molar-refractivity contribution in [2.75, 3.05) is 12.0 Å². The molecular weight excluding hydrogens is 400 g/mol. The third kappa shape index (κ3) is 4.23. The van der Waals surface area contributed by atoms with Crippen molar-refractivity contribution in [1.82, 2.24) is 4.98 Å². The molecule has 0 saturated carbocycles. The van der Waals surface area contributed by atoms with E-state index in [0.717, 1.165) is 31.8 Å². The number of methoxy groups -OCH3 is 1. The first-order chi connectivity index (χ1) is 14.2. The number of thiophene rings is 1. The summed E-state index contributed by atoms with van der Waals surface area (Å²) in [4.78, 5) is 22.1. The van der Waals surface area contributed by atoms with Gasteiger partial charge < -0.3 is 9.64 Å². The van der Waals surface area contributed by atoms with Crippen molar-refractivity contribution in [3.05, 3.63) is 87.7 Å². The van der Waals surface area contributed by atoms with E-state index < -0.39 is 0 Å². The van der Waals surface area contributed by atoms with Gasteiger partial charge in [0.25, 0.3) is 5.91 Å². The van der Waals surface area contributed by atoms with E-state index in [0.29, 0.717) is 12.2 Å². The molecule has 0 bridgehead atoms. The number of hydrogen-bond donors (Lipinski definition) is 0. The molecule has 1 amide bonds. The van der Waals surface area contributed by atoms with Crippen LogP contribution >= 0.6 is 22.7 Å². The van der Waals surface area contributed by atoms with Gasteiger partial charge in [-0.25, -0.2) is 4.98 Å². The highest BCUT2D eigenvalue weighted by Gasteiger charge is 2.25. The predicted molar refractivity (Wildman–Crippen MR) is 120 cm³/mol. The van der Waals surface area contributed by atoms with Gasteiger partial charge in [0.2, 0.25) is 0 Å². The maximum absolute atomic E-state index is 13.7. The summed E-state index contributed by atoms with van der Waals surface area (Å²) in [5, 5.41) is 2.90. The third-order valence-electron chi connectivity index (χ3n) is 4.50. The van der Waals surface area contributed by atoms with E-state index in [9.17, 15) is 4.79 Å². The molecule has 29 heavy (non-hydrogen) atoms. The Morgan fingerprint density at radius 1 is 1.03 bits per heavy atom. The molecule has 0 spiro atoms. The number of carbonyl (C=O) groups is 1. The Morgan fingerprint density at radius 2 is 1.79 bits per heavy atom. The molecule has 0 atom stereocenters. The lowest BCUT2D eigenvalue weighted by atomic mass is 10.1. The first-order valence-electron chi connectivity index (χ1n) is 9.17. The van der Waals surface area contributed by atoms with Crippen LogP contribution in [-0.4, -0.2) is 18.0 Å². The van der Waals surface area contributed by atoms with Crippen LogP contribution in [0.2, 0.25) is 0 Å². The number of rotatable bonds is 6. The molecule has 0 aliphatic rings. The minimum atomic E-state index is -0.105. The quantitative estimate of drug-likeness (QED) is 0.382. The van der Waals surface area contributed by atoms with E-state index in [-0.39, 0.29) is 5.91 Å². The van der Waals surface area contributed by atoms with Gasteiger partial charge >= 0.3 is 0 Å². The summed E-state index contributed by atoms with van der Waals surface area (Å²) in [6.45, 7) is 2.43. The highest BCUT2D eigenvalue weighted by atomic mass is 32.1.